The first-order chi connectivity index (χ1) is 9.12. The van der Waals surface area contributed by atoms with Gasteiger partial charge in [0.15, 0.2) is 0 Å². The molecule has 0 aliphatic heterocycles. The van der Waals surface area contributed by atoms with Crippen LogP contribution in [0.25, 0.3) is 0 Å². The van der Waals surface area contributed by atoms with Crippen LogP contribution in [-0.2, 0) is 23.1 Å². The van der Waals surface area contributed by atoms with Gasteiger partial charge in [-0.15, -0.1) is 11.3 Å². The minimum absolute atomic E-state index is 0.208. The standard InChI is InChI=1S/C11H16N4O2S2/c1-2-12-4-9-3-11(6-13-9)19(16,17)15-5-10-7-18-8-14-10/h3,6-8,12-13,15H,2,4-5H2,1H3. The van der Waals surface area contributed by atoms with Gasteiger partial charge in [0.25, 0.3) is 0 Å². The zero-order valence-electron chi connectivity index (χ0n) is 10.5. The predicted molar refractivity (Wildman–Crippen MR) is 74.3 cm³/mol. The smallest absolute Gasteiger partial charge is 0.242 e. The summed E-state index contributed by atoms with van der Waals surface area (Å²) in [6.45, 7) is 3.66. The molecule has 0 spiro atoms. The van der Waals surface area contributed by atoms with Gasteiger partial charge in [0.05, 0.1) is 22.6 Å². The van der Waals surface area contributed by atoms with E-state index in [1.165, 1.54) is 17.5 Å². The second-order valence-corrected chi connectivity index (χ2v) is 6.43. The van der Waals surface area contributed by atoms with Crippen LogP contribution in [0.15, 0.2) is 28.0 Å². The predicted octanol–water partition coefficient (Wildman–Crippen LogP) is 1.06. The van der Waals surface area contributed by atoms with Crippen LogP contribution in [0.2, 0.25) is 0 Å². The Morgan fingerprint density at radius 1 is 1.42 bits per heavy atom. The van der Waals surface area contributed by atoms with Gasteiger partial charge in [0, 0.05) is 23.8 Å². The summed E-state index contributed by atoms with van der Waals surface area (Å²) in [5, 5.41) is 4.94. The van der Waals surface area contributed by atoms with Crippen molar-refractivity contribution in [2.45, 2.75) is 24.9 Å². The first-order valence-corrected chi connectivity index (χ1v) is 8.29. The zero-order chi connectivity index (χ0) is 13.7. The molecule has 0 amide bonds. The lowest BCUT2D eigenvalue weighted by molar-refractivity contribution is 0.580. The molecule has 6 nitrogen and oxygen atoms in total. The van der Waals surface area contributed by atoms with Crippen molar-refractivity contribution in [1.29, 1.82) is 0 Å². The van der Waals surface area contributed by atoms with Crippen molar-refractivity contribution < 1.29 is 8.42 Å². The van der Waals surface area contributed by atoms with Crippen molar-refractivity contribution in [1.82, 2.24) is 20.0 Å². The Morgan fingerprint density at radius 2 is 2.26 bits per heavy atom. The van der Waals surface area contributed by atoms with Crippen molar-refractivity contribution in [3.63, 3.8) is 0 Å². The van der Waals surface area contributed by atoms with E-state index in [1.54, 1.807) is 11.6 Å². The Labute approximate surface area is 116 Å². The Morgan fingerprint density at radius 3 is 2.95 bits per heavy atom. The van der Waals surface area contributed by atoms with Gasteiger partial charge in [-0.05, 0) is 12.6 Å². The summed E-state index contributed by atoms with van der Waals surface area (Å²) in [5.74, 6) is 0. The number of hydrogen-bond donors (Lipinski definition) is 3. The fraction of sp³-hybridized carbons (Fsp3) is 0.364. The average Bonchev–Trinajstić information content (AvgIpc) is 3.05. The van der Waals surface area contributed by atoms with Gasteiger partial charge in [-0.3, -0.25) is 0 Å². The van der Waals surface area contributed by atoms with Crippen molar-refractivity contribution in [2.75, 3.05) is 6.54 Å². The average molecular weight is 300 g/mol. The molecule has 0 aromatic carbocycles. The minimum Gasteiger partial charge on any atom is -0.363 e. The molecule has 8 heteroatoms. The van der Waals surface area contributed by atoms with Crippen LogP contribution < -0.4 is 10.0 Å². The summed E-state index contributed by atoms with van der Waals surface area (Å²) >= 11 is 1.44. The third-order valence-corrected chi connectivity index (χ3v) is 4.53. The maximum Gasteiger partial charge on any atom is 0.242 e. The van der Waals surface area contributed by atoms with Crippen LogP contribution in [0.3, 0.4) is 0 Å². The quantitative estimate of drug-likeness (QED) is 0.713. The van der Waals surface area contributed by atoms with Gasteiger partial charge in [-0.1, -0.05) is 6.92 Å². The fourth-order valence-electron chi connectivity index (χ4n) is 1.51. The maximum atomic E-state index is 12.0. The largest absolute Gasteiger partial charge is 0.363 e. The molecule has 0 aliphatic carbocycles. The molecule has 0 unspecified atom stereocenters. The Kier molecular flexibility index (Phi) is 4.70. The van der Waals surface area contributed by atoms with E-state index < -0.39 is 10.0 Å². The van der Waals surface area contributed by atoms with Crippen LogP contribution in [0, 0.1) is 0 Å². The van der Waals surface area contributed by atoms with Crippen LogP contribution in [0.1, 0.15) is 18.3 Å². The zero-order valence-corrected chi connectivity index (χ0v) is 12.1. The molecule has 2 rings (SSSR count). The van der Waals surface area contributed by atoms with Gasteiger partial charge >= 0.3 is 0 Å². The number of hydrogen-bond acceptors (Lipinski definition) is 5. The highest BCUT2D eigenvalue weighted by Crippen LogP contribution is 2.11. The number of nitrogens with zero attached hydrogens (tertiary/aromatic N) is 1. The molecule has 104 valence electrons. The van der Waals surface area contributed by atoms with E-state index in [9.17, 15) is 8.42 Å². The highest BCUT2D eigenvalue weighted by atomic mass is 32.2. The first-order valence-electron chi connectivity index (χ1n) is 5.86. The molecule has 0 saturated carbocycles. The third kappa shape index (κ3) is 3.87. The monoisotopic (exact) mass is 300 g/mol. The third-order valence-electron chi connectivity index (χ3n) is 2.52. The lowest BCUT2D eigenvalue weighted by Crippen LogP contribution is -2.23. The van der Waals surface area contributed by atoms with Crippen molar-refractivity contribution in [3.05, 3.63) is 34.5 Å². The molecule has 0 bridgehead atoms. The van der Waals surface area contributed by atoms with Crippen LogP contribution in [0.4, 0.5) is 0 Å². The summed E-state index contributed by atoms with van der Waals surface area (Å²) < 4.78 is 26.6. The van der Waals surface area contributed by atoms with E-state index in [1.807, 2.05) is 12.3 Å². The van der Waals surface area contributed by atoms with Crippen LogP contribution in [0.5, 0.6) is 0 Å². The molecule has 0 fully saturated rings. The highest BCUT2D eigenvalue weighted by Gasteiger charge is 2.15. The van der Waals surface area contributed by atoms with E-state index in [-0.39, 0.29) is 11.4 Å². The van der Waals surface area contributed by atoms with Gasteiger partial charge in [-0.25, -0.2) is 18.1 Å². The van der Waals surface area contributed by atoms with Gasteiger partial charge in [-0.2, -0.15) is 0 Å². The number of thiazole rings is 1. The molecule has 0 atom stereocenters. The Balaban J connectivity index is 2.00. The summed E-state index contributed by atoms with van der Waals surface area (Å²) in [5.41, 5.74) is 3.24. The lowest BCUT2D eigenvalue weighted by atomic mass is 10.4. The Bertz CT molecular complexity index is 604. The second-order valence-electron chi connectivity index (χ2n) is 3.95. The molecule has 0 aliphatic rings. The number of rotatable bonds is 7. The number of aromatic nitrogens is 2. The number of nitrogens with one attached hydrogen (secondary N) is 3. The van der Waals surface area contributed by atoms with E-state index in [0.29, 0.717) is 6.54 Å². The first kappa shape index (κ1) is 14.2. The molecule has 2 aromatic rings. The van der Waals surface area contributed by atoms with Gasteiger partial charge in [0.1, 0.15) is 0 Å². The molecular formula is C11H16N4O2S2. The fourth-order valence-corrected chi connectivity index (χ4v) is 3.09. The van der Waals surface area contributed by atoms with Gasteiger partial charge in [0.2, 0.25) is 10.0 Å². The summed E-state index contributed by atoms with van der Waals surface area (Å²) in [6, 6.07) is 1.63. The molecule has 0 saturated heterocycles. The van der Waals surface area contributed by atoms with Gasteiger partial charge < -0.3 is 10.3 Å². The summed E-state index contributed by atoms with van der Waals surface area (Å²) in [7, 11) is -3.48. The lowest BCUT2D eigenvalue weighted by Gasteiger charge is -2.02. The van der Waals surface area contributed by atoms with E-state index in [2.05, 4.69) is 20.0 Å². The maximum absolute atomic E-state index is 12.0. The molecule has 2 heterocycles. The number of H-pyrrole nitrogens is 1. The molecule has 0 radical (unpaired) electrons. The summed E-state index contributed by atoms with van der Waals surface area (Å²) in [4.78, 5) is 7.22. The molecular weight excluding hydrogens is 284 g/mol. The minimum atomic E-state index is -3.48. The molecule has 3 N–H and O–H groups in total. The normalized spacial score (nSPS) is 11.8. The molecule has 19 heavy (non-hydrogen) atoms. The number of aromatic amines is 1. The van der Waals surface area contributed by atoms with E-state index in [4.69, 9.17) is 0 Å². The summed E-state index contributed by atoms with van der Waals surface area (Å²) in [6.07, 6.45) is 1.50. The topological polar surface area (TPSA) is 86.9 Å². The highest BCUT2D eigenvalue weighted by molar-refractivity contribution is 7.89. The van der Waals surface area contributed by atoms with E-state index in [0.717, 1.165) is 17.9 Å². The van der Waals surface area contributed by atoms with E-state index >= 15 is 0 Å². The van der Waals surface area contributed by atoms with Crippen molar-refractivity contribution in [2.24, 2.45) is 0 Å². The Hall–Kier alpha value is -1.22. The van der Waals surface area contributed by atoms with Crippen LogP contribution in [-0.4, -0.2) is 24.9 Å². The van der Waals surface area contributed by atoms with Crippen LogP contribution >= 0.6 is 11.3 Å². The SMILES string of the molecule is CCNCc1cc(S(=O)(=O)NCc2cscn2)c[nH]1. The van der Waals surface area contributed by atoms with Crippen molar-refractivity contribution in [3.8, 4) is 0 Å². The second kappa shape index (κ2) is 6.29. The number of sulfonamides is 1. The molecule has 2 aromatic heterocycles. The van der Waals surface area contributed by atoms with Crippen molar-refractivity contribution >= 4 is 21.4 Å².